The van der Waals surface area contributed by atoms with Gasteiger partial charge in [-0.15, -0.1) is 0 Å². The maximum atomic E-state index is 11.9. The van der Waals surface area contributed by atoms with Crippen LogP contribution in [-0.4, -0.2) is 77.1 Å². The molecule has 0 aromatic heterocycles. The Kier molecular flexibility index (Phi) is 24.1. The fourth-order valence-corrected chi connectivity index (χ4v) is 3.88. The first-order chi connectivity index (χ1) is 19.6. The van der Waals surface area contributed by atoms with Crippen molar-refractivity contribution < 1.29 is 37.3 Å². The minimum absolute atomic E-state index is 0.00379. The summed E-state index contributed by atoms with van der Waals surface area (Å²) < 4.78 is 26.6. The molecular formula is C30H54N3O7P. The summed E-state index contributed by atoms with van der Waals surface area (Å²) in [6.07, 6.45) is 26.4. The number of likely N-dealkylation sites (N-methyl/N-ethyl adjacent to an activating group) is 1. The number of phosphoric ester groups is 1. The van der Waals surface area contributed by atoms with Crippen molar-refractivity contribution in [3.05, 3.63) is 48.6 Å². The Labute approximate surface area is 248 Å². The summed E-state index contributed by atoms with van der Waals surface area (Å²) in [7, 11) is 1.32. The second-order valence-electron chi connectivity index (χ2n) is 10.5. The van der Waals surface area contributed by atoms with E-state index in [9.17, 15) is 19.0 Å². The largest absolute Gasteiger partial charge is 0.756 e. The minimum atomic E-state index is -4.42. The number of ether oxygens (including phenoxy) is 1. The number of nitrogens with zero attached hydrogens (tertiary/aromatic N) is 1. The van der Waals surface area contributed by atoms with E-state index in [4.69, 9.17) is 13.8 Å². The lowest BCUT2D eigenvalue weighted by atomic mass is 10.2. The number of alkyl carbamates (subject to hydrolysis) is 1. The van der Waals surface area contributed by atoms with Gasteiger partial charge < -0.3 is 33.8 Å². The number of carbonyl (C=O) groups excluding carboxylic acids is 2. The summed E-state index contributed by atoms with van der Waals surface area (Å²) in [6, 6.07) is 0. The van der Waals surface area contributed by atoms with E-state index in [1.54, 1.807) is 0 Å². The van der Waals surface area contributed by atoms with E-state index in [0.717, 1.165) is 32.1 Å². The van der Waals surface area contributed by atoms with Crippen LogP contribution in [0.25, 0.3) is 0 Å². The number of nitrogens with one attached hydrogen (secondary N) is 2. The van der Waals surface area contributed by atoms with E-state index < -0.39 is 13.9 Å². The number of allylic oxidation sites excluding steroid dienone is 8. The van der Waals surface area contributed by atoms with Crippen LogP contribution in [0.3, 0.4) is 0 Å². The van der Waals surface area contributed by atoms with Crippen molar-refractivity contribution in [2.75, 3.05) is 60.6 Å². The van der Waals surface area contributed by atoms with E-state index in [-0.39, 0.29) is 38.8 Å². The number of hydrogen-bond acceptors (Lipinski definition) is 7. The molecule has 0 heterocycles. The highest BCUT2D eigenvalue weighted by Gasteiger charge is 2.13. The van der Waals surface area contributed by atoms with Crippen LogP contribution < -0.4 is 15.5 Å². The molecule has 0 aromatic carbocycles. The number of amides is 2. The molecule has 0 aromatic rings. The van der Waals surface area contributed by atoms with E-state index in [1.807, 2.05) is 21.1 Å². The molecule has 0 saturated carbocycles. The molecule has 1 unspecified atom stereocenters. The molecule has 0 bridgehead atoms. The average Bonchev–Trinajstić information content (AvgIpc) is 2.90. The van der Waals surface area contributed by atoms with Crippen molar-refractivity contribution in [1.82, 2.24) is 10.6 Å². The third-order valence-electron chi connectivity index (χ3n) is 5.52. The van der Waals surface area contributed by atoms with Crippen LogP contribution in [0.5, 0.6) is 0 Å². The van der Waals surface area contributed by atoms with Crippen LogP contribution in [0.4, 0.5) is 4.79 Å². The summed E-state index contributed by atoms with van der Waals surface area (Å²) in [5, 5.41) is 5.07. The Morgan fingerprint density at radius 1 is 0.756 bits per heavy atom. The quantitative estimate of drug-likeness (QED) is 0.0641. The molecule has 1 atom stereocenters. The van der Waals surface area contributed by atoms with Crippen molar-refractivity contribution in [3.63, 3.8) is 0 Å². The van der Waals surface area contributed by atoms with Gasteiger partial charge in [-0.2, -0.15) is 0 Å². The smallest absolute Gasteiger partial charge is 0.407 e. The molecule has 2 amide bonds. The monoisotopic (exact) mass is 599 g/mol. The van der Waals surface area contributed by atoms with Crippen molar-refractivity contribution in [1.29, 1.82) is 0 Å². The zero-order chi connectivity index (χ0) is 30.7. The lowest BCUT2D eigenvalue weighted by Crippen LogP contribution is -2.37. The van der Waals surface area contributed by atoms with E-state index in [1.165, 1.54) is 25.7 Å². The SMILES string of the molecule is CCCCC/C=C\C/C=C\C/C=C\C/C=C\CCCC(=O)NCCOC(=O)NCCOP(=O)([O-])OCC[N+](C)(C)C. The van der Waals surface area contributed by atoms with Crippen molar-refractivity contribution in [2.24, 2.45) is 0 Å². The van der Waals surface area contributed by atoms with Crippen molar-refractivity contribution >= 4 is 19.8 Å². The minimum Gasteiger partial charge on any atom is -0.756 e. The maximum absolute atomic E-state index is 11.9. The average molecular weight is 600 g/mol. The van der Waals surface area contributed by atoms with Gasteiger partial charge in [0.2, 0.25) is 5.91 Å². The van der Waals surface area contributed by atoms with Crippen molar-refractivity contribution in [2.45, 2.75) is 71.1 Å². The first-order valence-electron chi connectivity index (χ1n) is 14.7. The number of unbranched alkanes of at least 4 members (excludes halogenated alkanes) is 4. The van der Waals surface area contributed by atoms with E-state index >= 15 is 0 Å². The predicted octanol–water partition coefficient (Wildman–Crippen LogP) is 5.18. The summed E-state index contributed by atoms with van der Waals surface area (Å²) >= 11 is 0. The highest BCUT2D eigenvalue weighted by molar-refractivity contribution is 7.45. The molecule has 11 heteroatoms. The highest BCUT2D eigenvalue weighted by atomic mass is 31.2. The molecule has 10 nitrogen and oxygen atoms in total. The van der Waals surface area contributed by atoms with Gasteiger partial charge in [0.15, 0.2) is 0 Å². The van der Waals surface area contributed by atoms with Gasteiger partial charge in [0.1, 0.15) is 19.8 Å². The molecule has 0 spiro atoms. The van der Waals surface area contributed by atoms with Crippen LogP contribution in [0.15, 0.2) is 48.6 Å². The van der Waals surface area contributed by atoms with Gasteiger partial charge in [-0.05, 0) is 44.9 Å². The molecule has 0 rings (SSSR count). The zero-order valence-electron chi connectivity index (χ0n) is 25.7. The topological polar surface area (TPSA) is 126 Å². The Bertz CT molecular complexity index is 852. The fraction of sp³-hybridized carbons (Fsp3) is 0.667. The van der Waals surface area contributed by atoms with Gasteiger partial charge in [0.05, 0.1) is 34.3 Å². The number of quaternary nitrogens is 1. The second-order valence-corrected chi connectivity index (χ2v) is 11.9. The Balaban J connectivity index is 3.66. The van der Waals surface area contributed by atoms with Gasteiger partial charge in [-0.25, -0.2) is 4.79 Å². The molecule has 0 aliphatic rings. The third kappa shape index (κ3) is 30.6. The normalized spacial score (nSPS) is 13.9. The summed E-state index contributed by atoms with van der Waals surface area (Å²) in [5.41, 5.74) is 0. The standard InChI is InChI=1S/C30H54N3O7P/c1-5-6-7-8-9-10-11-12-13-14-15-16-17-18-19-20-21-22-29(34)31-23-26-38-30(35)32-24-27-39-41(36,37)40-28-25-33(2,3)4/h9-10,12-13,15-16,18-19H,5-8,11,14,17,20-28H2,1-4H3,(H2-,31,32,34,35,36,37)/b10-9-,13-12-,16-15-,19-18-. The molecular weight excluding hydrogens is 545 g/mol. The number of phosphoric acid groups is 1. The lowest BCUT2D eigenvalue weighted by molar-refractivity contribution is -0.870. The zero-order valence-corrected chi connectivity index (χ0v) is 26.6. The first-order valence-corrected chi connectivity index (χ1v) is 16.2. The second kappa shape index (κ2) is 25.5. The molecule has 2 N–H and O–H groups in total. The lowest BCUT2D eigenvalue weighted by Gasteiger charge is -2.27. The summed E-state index contributed by atoms with van der Waals surface area (Å²) in [6.45, 7) is 2.61. The van der Waals surface area contributed by atoms with Crippen LogP contribution in [0.1, 0.15) is 71.1 Å². The van der Waals surface area contributed by atoms with Crippen LogP contribution >= 0.6 is 7.82 Å². The predicted molar refractivity (Wildman–Crippen MR) is 163 cm³/mol. The van der Waals surface area contributed by atoms with Gasteiger partial charge in [-0.1, -0.05) is 68.4 Å². The fourth-order valence-electron chi connectivity index (χ4n) is 3.19. The molecule has 236 valence electrons. The number of hydrogen-bond donors (Lipinski definition) is 2. The van der Waals surface area contributed by atoms with Gasteiger partial charge in [0, 0.05) is 13.0 Å². The van der Waals surface area contributed by atoms with Crippen molar-refractivity contribution in [3.8, 4) is 0 Å². The molecule has 0 saturated heterocycles. The van der Waals surface area contributed by atoms with Gasteiger partial charge in [0.25, 0.3) is 7.82 Å². The third-order valence-corrected chi connectivity index (χ3v) is 6.52. The number of rotatable bonds is 25. The van der Waals surface area contributed by atoms with E-state index in [0.29, 0.717) is 17.4 Å². The number of carbonyl (C=O) groups is 2. The van der Waals surface area contributed by atoms with Crippen LogP contribution in [-0.2, 0) is 23.1 Å². The Morgan fingerprint density at radius 2 is 1.29 bits per heavy atom. The molecule has 0 fully saturated rings. The molecule has 0 aliphatic heterocycles. The Morgan fingerprint density at radius 3 is 1.88 bits per heavy atom. The van der Waals surface area contributed by atoms with E-state index in [2.05, 4.69) is 66.2 Å². The first kappa shape index (κ1) is 38.8. The van der Waals surface area contributed by atoms with Gasteiger partial charge >= 0.3 is 6.09 Å². The molecule has 41 heavy (non-hydrogen) atoms. The summed E-state index contributed by atoms with van der Waals surface area (Å²) in [4.78, 5) is 35.2. The molecule has 0 aliphatic carbocycles. The highest BCUT2D eigenvalue weighted by Crippen LogP contribution is 2.37. The van der Waals surface area contributed by atoms with Crippen LogP contribution in [0.2, 0.25) is 0 Å². The van der Waals surface area contributed by atoms with Crippen LogP contribution in [0, 0.1) is 0 Å². The maximum Gasteiger partial charge on any atom is 0.407 e. The Hall–Kier alpha value is -2.23. The van der Waals surface area contributed by atoms with Gasteiger partial charge in [-0.3, -0.25) is 9.36 Å². The molecule has 0 radical (unpaired) electrons. The summed E-state index contributed by atoms with van der Waals surface area (Å²) in [5.74, 6) is -0.102.